The van der Waals surface area contributed by atoms with E-state index in [1.54, 1.807) is 0 Å². The van der Waals surface area contributed by atoms with Crippen molar-refractivity contribution < 1.29 is 23.4 Å². The van der Waals surface area contributed by atoms with E-state index in [1.165, 1.54) is 18.2 Å². The number of rotatable bonds is 4. The normalized spacial score (nSPS) is 17.0. The number of phenolic OH excluding ortho intramolecular Hbond substituents is 2. The van der Waals surface area contributed by atoms with Crippen molar-refractivity contribution in [2.75, 3.05) is 26.2 Å². The average Bonchev–Trinajstić information content (AvgIpc) is 2.37. The molecule has 9 heteroatoms. The minimum absolute atomic E-state index is 0. The molecule has 0 amide bonds. The third kappa shape index (κ3) is 7.03. The molecule has 1 aromatic rings. The van der Waals surface area contributed by atoms with Gasteiger partial charge in [0, 0.05) is 44.7 Å². The topological polar surface area (TPSA) is 55.7 Å². The summed E-state index contributed by atoms with van der Waals surface area (Å²) in [5.41, 5.74) is 0.513. The Morgan fingerprint density at radius 3 is 2.04 bits per heavy atom. The van der Waals surface area contributed by atoms with Gasteiger partial charge >= 0.3 is 6.18 Å². The van der Waals surface area contributed by atoms with Gasteiger partial charge in [-0.3, -0.25) is 4.90 Å². The van der Waals surface area contributed by atoms with Crippen LogP contribution in [0.5, 0.6) is 11.5 Å². The fourth-order valence-corrected chi connectivity index (χ4v) is 2.66. The summed E-state index contributed by atoms with van der Waals surface area (Å²) in [6.45, 7) is 2.71. The van der Waals surface area contributed by atoms with Gasteiger partial charge in [0.1, 0.15) is 11.5 Å². The van der Waals surface area contributed by atoms with Gasteiger partial charge in [0.25, 0.3) is 0 Å². The molecule has 1 atom stereocenters. The molecular formula is C14H21Cl2F3N2O2. The maximum atomic E-state index is 12.5. The highest BCUT2D eigenvalue weighted by Crippen LogP contribution is 2.34. The fourth-order valence-electron chi connectivity index (χ4n) is 2.66. The average molecular weight is 377 g/mol. The molecule has 1 saturated heterocycles. The number of aromatic hydroxyl groups is 2. The minimum Gasteiger partial charge on any atom is -0.508 e. The third-order valence-corrected chi connectivity index (χ3v) is 3.60. The summed E-state index contributed by atoms with van der Waals surface area (Å²) in [6, 6.07) is 3.54. The number of hydrogen-bond donors (Lipinski definition) is 3. The maximum absolute atomic E-state index is 12.5. The van der Waals surface area contributed by atoms with Crippen molar-refractivity contribution >= 4 is 24.8 Å². The Balaban J connectivity index is 0.00000242. The monoisotopic (exact) mass is 376 g/mol. The van der Waals surface area contributed by atoms with Gasteiger partial charge in [-0.15, -0.1) is 24.8 Å². The number of benzene rings is 1. The summed E-state index contributed by atoms with van der Waals surface area (Å²) < 4.78 is 37.6. The van der Waals surface area contributed by atoms with E-state index in [0.29, 0.717) is 31.7 Å². The Hall–Kier alpha value is -0.890. The van der Waals surface area contributed by atoms with Crippen LogP contribution >= 0.6 is 24.8 Å². The van der Waals surface area contributed by atoms with Crippen molar-refractivity contribution in [3.63, 3.8) is 0 Å². The number of halogens is 5. The van der Waals surface area contributed by atoms with E-state index in [2.05, 4.69) is 5.32 Å². The number of phenols is 2. The number of alkyl halides is 3. The van der Waals surface area contributed by atoms with Gasteiger partial charge < -0.3 is 15.5 Å². The zero-order valence-corrected chi connectivity index (χ0v) is 14.0. The van der Waals surface area contributed by atoms with Crippen molar-refractivity contribution in [3.8, 4) is 11.5 Å². The lowest BCUT2D eigenvalue weighted by Gasteiger charge is -2.35. The predicted molar refractivity (Wildman–Crippen MR) is 86.7 cm³/mol. The molecule has 1 aromatic carbocycles. The van der Waals surface area contributed by atoms with Gasteiger partial charge in [0.05, 0.1) is 0 Å². The second-order valence-electron chi connectivity index (χ2n) is 5.24. The number of nitrogens with one attached hydrogen (secondary N) is 1. The number of hydrogen-bond acceptors (Lipinski definition) is 4. The van der Waals surface area contributed by atoms with Crippen molar-refractivity contribution in [1.82, 2.24) is 10.2 Å². The lowest BCUT2D eigenvalue weighted by molar-refractivity contribution is -0.138. The molecule has 3 N–H and O–H groups in total. The molecule has 1 fully saturated rings. The molecule has 0 radical (unpaired) electrons. The first-order valence-electron chi connectivity index (χ1n) is 6.89. The van der Waals surface area contributed by atoms with Gasteiger partial charge in [0.2, 0.25) is 0 Å². The van der Waals surface area contributed by atoms with Crippen molar-refractivity contribution in [3.05, 3.63) is 23.8 Å². The Bertz CT molecular complexity index is 463. The third-order valence-electron chi connectivity index (χ3n) is 3.60. The molecule has 23 heavy (non-hydrogen) atoms. The molecular weight excluding hydrogens is 356 g/mol. The first-order chi connectivity index (χ1) is 9.85. The molecule has 1 aliphatic heterocycles. The summed E-state index contributed by atoms with van der Waals surface area (Å²) in [6.07, 6.45) is -5.20. The summed E-state index contributed by atoms with van der Waals surface area (Å²) >= 11 is 0. The van der Waals surface area contributed by atoms with Crippen LogP contribution < -0.4 is 5.32 Å². The zero-order valence-electron chi connectivity index (χ0n) is 12.3. The highest BCUT2D eigenvalue weighted by Gasteiger charge is 2.31. The molecule has 0 spiro atoms. The van der Waals surface area contributed by atoms with Crippen LogP contribution in [0.3, 0.4) is 0 Å². The molecule has 0 aromatic heterocycles. The van der Waals surface area contributed by atoms with E-state index >= 15 is 0 Å². The molecule has 1 heterocycles. The van der Waals surface area contributed by atoms with Gasteiger partial charge in [-0.25, -0.2) is 0 Å². The molecule has 0 saturated carbocycles. The van der Waals surface area contributed by atoms with Crippen LogP contribution in [0, 0.1) is 0 Å². The summed E-state index contributed by atoms with van der Waals surface area (Å²) in [5.74, 6) is -0.283. The summed E-state index contributed by atoms with van der Waals surface area (Å²) in [4.78, 5) is 1.95. The lowest BCUT2D eigenvalue weighted by atomic mass is 9.98. The Morgan fingerprint density at radius 2 is 1.57 bits per heavy atom. The van der Waals surface area contributed by atoms with E-state index in [4.69, 9.17) is 0 Å². The first kappa shape index (κ1) is 22.1. The number of nitrogens with zero attached hydrogens (tertiary/aromatic N) is 1. The molecule has 134 valence electrons. The molecule has 0 unspecified atom stereocenters. The van der Waals surface area contributed by atoms with E-state index in [1.807, 2.05) is 4.90 Å². The zero-order chi connectivity index (χ0) is 15.5. The largest absolute Gasteiger partial charge is 0.508 e. The van der Waals surface area contributed by atoms with Crippen molar-refractivity contribution in [2.24, 2.45) is 0 Å². The molecule has 4 nitrogen and oxygen atoms in total. The fraction of sp³-hybridized carbons (Fsp3) is 0.571. The van der Waals surface area contributed by atoms with Gasteiger partial charge in [-0.1, -0.05) is 0 Å². The van der Waals surface area contributed by atoms with Gasteiger partial charge in [-0.05, 0) is 24.1 Å². The van der Waals surface area contributed by atoms with Crippen LogP contribution in [0.2, 0.25) is 0 Å². The van der Waals surface area contributed by atoms with Crippen LogP contribution in [-0.4, -0.2) is 47.5 Å². The second kappa shape index (κ2) is 9.42. The highest BCUT2D eigenvalue weighted by atomic mass is 35.5. The van der Waals surface area contributed by atoms with E-state index in [-0.39, 0.29) is 42.7 Å². The number of piperazine rings is 1. The Kier molecular flexibility index (Phi) is 9.05. The predicted octanol–water partition coefficient (Wildman–Crippen LogP) is 3.23. The standard InChI is InChI=1S/C14H19F3N2O2.2ClH/c15-14(16,17)2-1-13(19-5-3-18-4-6-19)10-7-11(20)9-12(21)8-10;;/h7-9,13,18,20-21H,1-6H2;2*1H/t13-;;/m1../s1. The lowest BCUT2D eigenvalue weighted by Crippen LogP contribution is -2.45. The molecule has 0 aliphatic carbocycles. The Morgan fingerprint density at radius 1 is 1.04 bits per heavy atom. The smallest absolute Gasteiger partial charge is 0.389 e. The first-order valence-corrected chi connectivity index (χ1v) is 6.89. The summed E-state index contributed by atoms with van der Waals surface area (Å²) in [7, 11) is 0. The van der Waals surface area contributed by atoms with Crippen LogP contribution in [0.25, 0.3) is 0 Å². The van der Waals surface area contributed by atoms with Crippen LogP contribution in [0.15, 0.2) is 18.2 Å². The van der Waals surface area contributed by atoms with Crippen molar-refractivity contribution in [1.29, 1.82) is 0 Å². The SMILES string of the molecule is Cl.Cl.Oc1cc(O)cc([C@@H](CCC(F)(F)F)N2CCNCC2)c1. The quantitative estimate of drug-likeness (QED) is 0.754. The second-order valence-corrected chi connectivity index (χ2v) is 5.24. The molecule has 2 rings (SSSR count). The van der Waals surface area contributed by atoms with Crippen molar-refractivity contribution in [2.45, 2.75) is 25.1 Å². The van der Waals surface area contributed by atoms with Crippen LogP contribution in [-0.2, 0) is 0 Å². The van der Waals surface area contributed by atoms with E-state index < -0.39 is 18.6 Å². The Labute approximate surface area is 145 Å². The minimum atomic E-state index is -4.22. The van der Waals surface area contributed by atoms with E-state index in [9.17, 15) is 23.4 Å². The summed E-state index contributed by atoms with van der Waals surface area (Å²) in [5, 5.41) is 22.3. The highest BCUT2D eigenvalue weighted by molar-refractivity contribution is 5.85. The molecule has 1 aliphatic rings. The van der Waals surface area contributed by atoms with Gasteiger partial charge in [0.15, 0.2) is 0 Å². The van der Waals surface area contributed by atoms with Crippen LogP contribution in [0.4, 0.5) is 13.2 Å². The molecule has 0 bridgehead atoms. The van der Waals surface area contributed by atoms with E-state index in [0.717, 1.165) is 0 Å². The van der Waals surface area contributed by atoms with Gasteiger partial charge in [-0.2, -0.15) is 13.2 Å². The van der Waals surface area contributed by atoms with Crippen LogP contribution in [0.1, 0.15) is 24.4 Å². The maximum Gasteiger partial charge on any atom is 0.389 e.